The average molecular weight is 358 g/mol. The molecule has 2 aliphatic rings. The third-order valence-corrected chi connectivity index (χ3v) is 6.25. The minimum absolute atomic E-state index is 0.529. The fourth-order valence-electron chi connectivity index (χ4n) is 4.65. The molecule has 0 bridgehead atoms. The molecule has 3 heterocycles. The molecule has 7 heteroatoms. The van der Waals surface area contributed by atoms with Crippen LogP contribution < -0.4 is 0 Å². The molecule has 0 atom stereocenters. The summed E-state index contributed by atoms with van der Waals surface area (Å²) >= 11 is 0. The Kier molecular flexibility index (Phi) is 5.62. The van der Waals surface area contributed by atoms with E-state index in [1.807, 2.05) is 0 Å². The van der Waals surface area contributed by atoms with E-state index in [0.29, 0.717) is 12.5 Å². The van der Waals surface area contributed by atoms with Gasteiger partial charge in [0.15, 0.2) is 5.82 Å². The number of hydrogen-bond donors (Lipinski definition) is 0. The molecule has 26 heavy (non-hydrogen) atoms. The van der Waals surface area contributed by atoms with Crippen LogP contribution in [0.3, 0.4) is 0 Å². The van der Waals surface area contributed by atoms with Gasteiger partial charge in [0, 0.05) is 19.0 Å². The normalized spacial score (nSPS) is 21.6. The Morgan fingerprint density at radius 1 is 0.962 bits per heavy atom. The summed E-state index contributed by atoms with van der Waals surface area (Å²) < 4.78 is 3.96. The molecule has 1 aliphatic carbocycles. The van der Waals surface area contributed by atoms with Crippen molar-refractivity contribution in [1.82, 2.24) is 34.4 Å². The minimum Gasteiger partial charge on any atom is -0.316 e. The predicted octanol–water partition coefficient (Wildman–Crippen LogP) is 2.75. The van der Waals surface area contributed by atoms with Gasteiger partial charge in [-0.25, -0.2) is 9.67 Å². The molecule has 0 unspecified atom stereocenters. The highest BCUT2D eigenvalue weighted by atomic mass is 15.4. The highest BCUT2D eigenvalue weighted by Gasteiger charge is 2.28. The Hall–Kier alpha value is -1.76. The molecular formula is C19H31N7. The van der Waals surface area contributed by atoms with Crippen LogP contribution in [0.5, 0.6) is 0 Å². The molecule has 0 amide bonds. The van der Waals surface area contributed by atoms with Crippen molar-refractivity contribution in [3.05, 3.63) is 24.3 Å². The number of rotatable bonds is 4. The molecule has 1 saturated carbocycles. The molecule has 2 aromatic heterocycles. The topological polar surface area (TPSA) is 64.7 Å². The zero-order valence-electron chi connectivity index (χ0n) is 15.9. The maximum Gasteiger partial charge on any atom is 0.154 e. The Balaban J connectivity index is 1.35. The summed E-state index contributed by atoms with van der Waals surface area (Å²) in [4.78, 5) is 6.76. The molecule has 1 aliphatic heterocycles. The zero-order valence-corrected chi connectivity index (χ0v) is 15.9. The van der Waals surface area contributed by atoms with Gasteiger partial charge in [-0.3, -0.25) is 0 Å². The highest BCUT2D eigenvalue weighted by molar-refractivity contribution is 5.04. The van der Waals surface area contributed by atoms with Crippen LogP contribution in [0.15, 0.2) is 12.7 Å². The van der Waals surface area contributed by atoms with Crippen LogP contribution in [0.1, 0.15) is 75.4 Å². The van der Waals surface area contributed by atoms with Gasteiger partial charge in [-0.15, -0.1) is 10.2 Å². The molecule has 0 spiro atoms. The van der Waals surface area contributed by atoms with E-state index in [1.54, 1.807) is 17.3 Å². The largest absolute Gasteiger partial charge is 0.316 e. The molecule has 4 rings (SSSR count). The van der Waals surface area contributed by atoms with Gasteiger partial charge >= 0.3 is 0 Å². The van der Waals surface area contributed by atoms with Gasteiger partial charge in [-0.2, -0.15) is 5.10 Å². The van der Waals surface area contributed by atoms with E-state index in [0.717, 1.165) is 17.7 Å². The molecule has 0 radical (unpaired) electrons. The molecule has 2 fully saturated rings. The molecule has 7 nitrogen and oxygen atoms in total. The first-order valence-corrected chi connectivity index (χ1v) is 10.3. The van der Waals surface area contributed by atoms with Crippen molar-refractivity contribution in [1.29, 1.82) is 0 Å². The van der Waals surface area contributed by atoms with Crippen molar-refractivity contribution in [3.8, 4) is 0 Å². The van der Waals surface area contributed by atoms with E-state index in [1.165, 1.54) is 70.9 Å². The Bertz CT molecular complexity index is 662. The molecule has 1 saturated heterocycles. The lowest BCUT2D eigenvalue weighted by Gasteiger charge is -2.38. The summed E-state index contributed by atoms with van der Waals surface area (Å²) in [7, 11) is 2.09. The van der Waals surface area contributed by atoms with Gasteiger partial charge in [-0.05, 0) is 38.8 Å². The molecular weight excluding hydrogens is 326 g/mol. The maximum absolute atomic E-state index is 4.52. The fraction of sp³-hybridized carbons (Fsp3) is 0.789. The quantitative estimate of drug-likeness (QED) is 0.842. The summed E-state index contributed by atoms with van der Waals surface area (Å²) in [5, 5.41) is 13.1. The Labute approximate surface area is 155 Å². The lowest BCUT2D eigenvalue weighted by Crippen LogP contribution is -2.41. The van der Waals surface area contributed by atoms with Crippen LogP contribution in [-0.2, 0) is 13.6 Å². The van der Waals surface area contributed by atoms with Crippen LogP contribution >= 0.6 is 0 Å². The van der Waals surface area contributed by atoms with Gasteiger partial charge in [0.25, 0.3) is 0 Å². The van der Waals surface area contributed by atoms with E-state index in [9.17, 15) is 0 Å². The van der Waals surface area contributed by atoms with Crippen LogP contribution in [0.4, 0.5) is 0 Å². The van der Waals surface area contributed by atoms with Crippen LogP contribution in [0, 0.1) is 0 Å². The Morgan fingerprint density at radius 2 is 1.69 bits per heavy atom. The summed E-state index contributed by atoms with van der Waals surface area (Å²) in [6, 6.07) is 0.818. The molecule has 142 valence electrons. The van der Waals surface area contributed by atoms with Crippen LogP contribution in [0.25, 0.3) is 0 Å². The second kappa shape index (κ2) is 8.29. The number of nitrogens with zero attached hydrogens (tertiary/aromatic N) is 7. The van der Waals surface area contributed by atoms with Crippen molar-refractivity contribution in [2.24, 2.45) is 7.05 Å². The first kappa shape index (κ1) is 17.6. The second-order valence-corrected chi connectivity index (χ2v) is 7.94. The minimum atomic E-state index is 0.529. The van der Waals surface area contributed by atoms with E-state index in [2.05, 4.69) is 36.8 Å². The van der Waals surface area contributed by atoms with Gasteiger partial charge < -0.3 is 9.47 Å². The number of piperidine rings is 1. The summed E-state index contributed by atoms with van der Waals surface area (Å²) in [5.41, 5.74) is 0. The van der Waals surface area contributed by atoms with E-state index in [-0.39, 0.29) is 0 Å². The van der Waals surface area contributed by atoms with Crippen molar-refractivity contribution in [2.75, 3.05) is 13.1 Å². The number of aromatic nitrogens is 6. The third kappa shape index (κ3) is 3.98. The van der Waals surface area contributed by atoms with Crippen molar-refractivity contribution >= 4 is 0 Å². The fourth-order valence-corrected chi connectivity index (χ4v) is 4.65. The molecule has 0 N–H and O–H groups in total. The van der Waals surface area contributed by atoms with Crippen molar-refractivity contribution < 1.29 is 0 Å². The standard InChI is InChI=1S/C19H31N7/c1-24-18(13-26-15-20-14-21-26)22-23-19(24)16-9-11-25(12-10-16)17-7-5-3-2-4-6-8-17/h14-17H,2-13H2,1H3. The van der Waals surface area contributed by atoms with Crippen LogP contribution in [-0.4, -0.2) is 53.6 Å². The highest BCUT2D eigenvalue weighted by Crippen LogP contribution is 2.30. The Morgan fingerprint density at radius 3 is 2.38 bits per heavy atom. The lowest BCUT2D eigenvalue weighted by molar-refractivity contribution is 0.127. The van der Waals surface area contributed by atoms with Gasteiger partial charge in [0.05, 0.1) is 0 Å². The van der Waals surface area contributed by atoms with Gasteiger partial charge in [-0.1, -0.05) is 32.1 Å². The van der Waals surface area contributed by atoms with E-state index >= 15 is 0 Å². The van der Waals surface area contributed by atoms with E-state index in [4.69, 9.17) is 0 Å². The monoisotopic (exact) mass is 357 g/mol. The van der Waals surface area contributed by atoms with E-state index < -0.39 is 0 Å². The maximum atomic E-state index is 4.52. The smallest absolute Gasteiger partial charge is 0.154 e. The summed E-state index contributed by atoms with van der Waals surface area (Å²) in [6.45, 7) is 3.05. The predicted molar refractivity (Wildman–Crippen MR) is 99.8 cm³/mol. The zero-order chi connectivity index (χ0) is 17.8. The van der Waals surface area contributed by atoms with Gasteiger partial charge in [0.2, 0.25) is 0 Å². The lowest BCUT2D eigenvalue weighted by atomic mass is 9.91. The first-order chi connectivity index (χ1) is 12.8. The SMILES string of the molecule is Cn1c(Cn2cncn2)nnc1C1CCN(C2CCCCCCC2)CC1. The van der Waals surface area contributed by atoms with Gasteiger partial charge in [0.1, 0.15) is 25.0 Å². The number of likely N-dealkylation sites (tertiary alicyclic amines) is 1. The third-order valence-electron chi connectivity index (χ3n) is 6.25. The summed E-state index contributed by atoms with van der Waals surface area (Å²) in [6.07, 6.45) is 15.6. The van der Waals surface area contributed by atoms with Crippen LogP contribution in [0.2, 0.25) is 0 Å². The van der Waals surface area contributed by atoms with Crippen molar-refractivity contribution in [2.45, 2.75) is 76.3 Å². The number of hydrogen-bond acceptors (Lipinski definition) is 5. The molecule has 0 aromatic carbocycles. The van der Waals surface area contributed by atoms with Crippen molar-refractivity contribution in [3.63, 3.8) is 0 Å². The second-order valence-electron chi connectivity index (χ2n) is 7.94. The molecule has 2 aromatic rings. The summed E-state index contributed by atoms with van der Waals surface area (Å²) in [5.74, 6) is 2.62. The average Bonchev–Trinajstić information content (AvgIpc) is 3.26. The first-order valence-electron chi connectivity index (χ1n) is 10.3.